The third kappa shape index (κ3) is 3.14. The predicted molar refractivity (Wildman–Crippen MR) is 85.1 cm³/mol. The molecule has 1 atom stereocenters. The summed E-state index contributed by atoms with van der Waals surface area (Å²) in [6, 6.07) is 3.43. The van der Waals surface area contributed by atoms with E-state index in [1.807, 2.05) is 6.92 Å². The first-order valence-corrected chi connectivity index (χ1v) is 7.95. The van der Waals surface area contributed by atoms with Gasteiger partial charge in [-0.3, -0.25) is 10.1 Å². The molecule has 112 valence electrons. The number of hydrogen-bond acceptors (Lipinski definition) is 6. The van der Waals surface area contributed by atoms with Crippen LogP contribution in [-0.2, 0) is 0 Å². The highest BCUT2D eigenvalue weighted by Crippen LogP contribution is 2.33. The Bertz CT molecular complexity index is 664. The number of hydrogen-bond donors (Lipinski definition) is 2. The molecule has 0 amide bonds. The summed E-state index contributed by atoms with van der Waals surface area (Å²) >= 11 is 1.49. The minimum atomic E-state index is -0.323. The smallest absolute Gasteiger partial charge is 0.293 e. The molecular formula is C14H18N4O2S. The quantitative estimate of drug-likeness (QED) is 0.670. The van der Waals surface area contributed by atoms with E-state index in [2.05, 4.69) is 15.6 Å². The first kappa shape index (κ1) is 14.2. The molecule has 21 heavy (non-hydrogen) atoms. The Morgan fingerprint density at radius 1 is 1.57 bits per heavy atom. The zero-order valence-electron chi connectivity index (χ0n) is 11.9. The lowest BCUT2D eigenvalue weighted by atomic mass is 9.99. The Labute approximate surface area is 126 Å². The Morgan fingerprint density at radius 2 is 2.43 bits per heavy atom. The largest absolute Gasteiger partial charge is 0.379 e. The molecule has 1 aliphatic heterocycles. The molecule has 2 aromatic rings. The van der Waals surface area contributed by atoms with Crippen molar-refractivity contribution >= 4 is 32.9 Å². The molecule has 0 bridgehead atoms. The van der Waals surface area contributed by atoms with Crippen molar-refractivity contribution in [3.63, 3.8) is 0 Å². The molecular weight excluding hydrogens is 288 g/mol. The van der Waals surface area contributed by atoms with Gasteiger partial charge in [-0.1, -0.05) is 0 Å². The molecule has 1 aromatic heterocycles. The Morgan fingerprint density at radius 3 is 3.14 bits per heavy atom. The fourth-order valence-corrected chi connectivity index (χ4v) is 3.57. The van der Waals surface area contributed by atoms with Gasteiger partial charge >= 0.3 is 0 Å². The number of nitro benzene ring substituents is 1. The number of thiazole rings is 1. The number of nitro groups is 1. The molecule has 2 N–H and O–H groups in total. The van der Waals surface area contributed by atoms with Crippen LogP contribution in [0.15, 0.2) is 12.1 Å². The fourth-order valence-electron chi connectivity index (χ4n) is 2.72. The third-order valence-electron chi connectivity index (χ3n) is 3.79. The van der Waals surface area contributed by atoms with Crippen LogP contribution in [0.1, 0.15) is 17.8 Å². The van der Waals surface area contributed by atoms with E-state index in [1.165, 1.54) is 17.8 Å². The predicted octanol–water partition coefficient (Wildman–Crippen LogP) is 2.92. The maximum absolute atomic E-state index is 11.3. The number of nitrogens with one attached hydrogen (secondary N) is 2. The number of piperidine rings is 1. The highest BCUT2D eigenvalue weighted by atomic mass is 32.1. The van der Waals surface area contributed by atoms with Gasteiger partial charge in [-0.15, -0.1) is 11.3 Å². The number of aryl methyl sites for hydroxylation is 1. The Hall–Kier alpha value is -1.73. The third-order valence-corrected chi connectivity index (χ3v) is 4.72. The fraction of sp³-hybridized carbons (Fsp3) is 0.500. The maximum atomic E-state index is 11.3. The van der Waals surface area contributed by atoms with E-state index in [9.17, 15) is 10.1 Å². The van der Waals surface area contributed by atoms with Gasteiger partial charge in [0.2, 0.25) is 0 Å². The summed E-state index contributed by atoms with van der Waals surface area (Å²) in [4.78, 5) is 15.3. The standard InChI is InChI=1S/C14H18N4O2S/c1-9-17-12-5-11(13(18(19)20)6-14(12)21-9)16-8-10-3-2-4-15-7-10/h5-6,10,15-16H,2-4,7-8H2,1H3. The second kappa shape index (κ2) is 5.95. The van der Waals surface area contributed by atoms with Crippen LogP contribution in [0.2, 0.25) is 0 Å². The molecule has 0 saturated carbocycles. The monoisotopic (exact) mass is 306 g/mol. The van der Waals surface area contributed by atoms with Crippen molar-refractivity contribution in [2.45, 2.75) is 19.8 Å². The molecule has 7 heteroatoms. The molecule has 1 fully saturated rings. The van der Waals surface area contributed by atoms with Crippen LogP contribution < -0.4 is 10.6 Å². The van der Waals surface area contributed by atoms with Crippen LogP contribution in [0.5, 0.6) is 0 Å². The number of anilines is 1. The van der Waals surface area contributed by atoms with Crippen LogP contribution in [0, 0.1) is 23.0 Å². The summed E-state index contributed by atoms with van der Waals surface area (Å²) in [7, 11) is 0. The van der Waals surface area contributed by atoms with Crippen LogP contribution in [0.4, 0.5) is 11.4 Å². The molecule has 1 unspecified atom stereocenters. The minimum Gasteiger partial charge on any atom is -0.379 e. The number of nitrogens with zero attached hydrogens (tertiary/aromatic N) is 2. The molecule has 1 saturated heterocycles. The van der Waals surface area contributed by atoms with E-state index in [1.54, 1.807) is 12.1 Å². The first-order chi connectivity index (χ1) is 10.1. The van der Waals surface area contributed by atoms with Crippen LogP contribution in [-0.4, -0.2) is 29.5 Å². The van der Waals surface area contributed by atoms with Crippen LogP contribution >= 0.6 is 11.3 Å². The molecule has 1 aliphatic rings. The maximum Gasteiger partial charge on any atom is 0.293 e. The van der Waals surface area contributed by atoms with Crippen molar-refractivity contribution < 1.29 is 4.92 Å². The highest BCUT2D eigenvalue weighted by Gasteiger charge is 2.19. The van der Waals surface area contributed by atoms with E-state index >= 15 is 0 Å². The van der Waals surface area contributed by atoms with Crippen LogP contribution in [0.3, 0.4) is 0 Å². The average Bonchev–Trinajstić information content (AvgIpc) is 2.84. The molecule has 0 aliphatic carbocycles. The average molecular weight is 306 g/mol. The summed E-state index contributed by atoms with van der Waals surface area (Å²) in [5.74, 6) is 0.520. The number of benzene rings is 1. The zero-order valence-corrected chi connectivity index (χ0v) is 12.7. The number of fused-ring (bicyclic) bond motifs is 1. The van der Waals surface area contributed by atoms with E-state index in [0.717, 1.165) is 41.3 Å². The van der Waals surface area contributed by atoms with Gasteiger partial charge in [0, 0.05) is 12.6 Å². The van der Waals surface area contributed by atoms with Gasteiger partial charge in [0.05, 0.1) is 20.1 Å². The Balaban J connectivity index is 1.84. The van der Waals surface area contributed by atoms with Gasteiger partial charge < -0.3 is 10.6 Å². The summed E-state index contributed by atoms with van der Waals surface area (Å²) < 4.78 is 0.865. The van der Waals surface area contributed by atoms with Gasteiger partial charge in [-0.2, -0.15) is 0 Å². The van der Waals surface area contributed by atoms with Crippen LogP contribution in [0.25, 0.3) is 10.2 Å². The molecule has 6 nitrogen and oxygen atoms in total. The lowest BCUT2D eigenvalue weighted by Crippen LogP contribution is -2.33. The summed E-state index contributed by atoms with van der Waals surface area (Å²) in [5, 5.41) is 18.8. The van der Waals surface area contributed by atoms with Crippen molar-refractivity contribution in [1.82, 2.24) is 10.3 Å². The first-order valence-electron chi connectivity index (χ1n) is 7.13. The second-order valence-corrected chi connectivity index (χ2v) is 6.66. The normalized spacial score (nSPS) is 18.8. The number of rotatable bonds is 4. The minimum absolute atomic E-state index is 0.134. The molecule has 3 rings (SSSR count). The van der Waals surface area contributed by atoms with Gasteiger partial charge in [0.25, 0.3) is 5.69 Å². The molecule has 2 heterocycles. The van der Waals surface area contributed by atoms with Gasteiger partial charge in [0.1, 0.15) is 5.69 Å². The van der Waals surface area contributed by atoms with Crippen molar-refractivity contribution in [2.75, 3.05) is 25.0 Å². The second-order valence-electron chi connectivity index (χ2n) is 5.42. The van der Waals surface area contributed by atoms with Gasteiger partial charge in [-0.25, -0.2) is 4.98 Å². The summed E-state index contributed by atoms with van der Waals surface area (Å²) in [5.41, 5.74) is 1.53. The number of aromatic nitrogens is 1. The molecule has 0 spiro atoms. The SMILES string of the molecule is Cc1nc2cc(NCC3CCCNC3)c([N+](=O)[O-])cc2s1. The summed E-state index contributed by atoms with van der Waals surface area (Å²) in [6.07, 6.45) is 2.32. The summed E-state index contributed by atoms with van der Waals surface area (Å²) in [6.45, 7) is 4.71. The Kier molecular flexibility index (Phi) is 4.03. The van der Waals surface area contributed by atoms with E-state index in [-0.39, 0.29) is 10.6 Å². The van der Waals surface area contributed by atoms with E-state index in [0.29, 0.717) is 11.6 Å². The topological polar surface area (TPSA) is 80.1 Å². The van der Waals surface area contributed by atoms with Crippen molar-refractivity contribution in [3.8, 4) is 0 Å². The van der Waals surface area contributed by atoms with E-state index < -0.39 is 0 Å². The lowest BCUT2D eigenvalue weighted by molar-refractivity contribution is -0.383. The molecule has 0 radical (unpaired) electrons. The van der Waals surface area contributed by atoms with Gasteiger partial charge in [-0.05, 0) is 44.8 Å². The van der Waals surface area contributed by atoms with Crippen molar-refractivity contribution in [3.05, 3.63) is 27.3 Å². The van der Waals surface area contributed by atoms with Crippen molar-refractivity contribution in [2.24, 2.45) is 5.92 Å². The zero-order chi connectivity index (χ0) is 14.8. The van der Waals surface area contributed by atoms with Gasteiger partial charge in [0.15, 0.2) is 0 Å². The lowest BCUT2D eigenvalue weighted by Gasteiger charge is -2.23. The van der Waals surface area contributed by atoms with Crippen molar-refractivity contribution in [1.29, 1.82) is 0 Å². The highest BCUT2D eigenvalue weighted by molar-refractivity contribution is 7.18. The molecule has 1 aromatic carbocycles. The van der Waals surface area contributed by atoms with E-state index in [4.69, 9.17) is 0 Å².